The summed E-state index contributed by atoms with van der Waals surface area (Å²) in [5, 5.41) is 3.47. The molecular formula is C19H15BrN2O2. The second-order valence-corrected chi connectivity index (χ2v) is 6.48. The Labute approximate surface area is 148 Å². The van der Waals surface area contributed by atoms with Crippen molar-refractivity contribution in [3.8, 4) is 0 Å². The minimum Gasteiger partial charge on any atom is -0.467 e. The van der Waals surface area contributed by atoms with Crippen LogP contribution in [0.4, 0.5) is 5.69 Å². The molecule has 1 aliphatic rings. The van der Waals surface area contributed by atoms with Crippen molar-refractivity contribution in [2.75, 3.05) is 5.32 Å². The van der Waals surface area contributed by atoms with Crippen LogP contribution >= 0.6 is 15.9 Å². The standard InChI is InChI=1S/C19H15BrN2O2/c20-16-9-3-4-10-17(16)21-18-14-7-1-2-8-15(14)19(23)22(18)12-13-6-5-11-24-13/h1-11,18,21H,12H2. The molecule has 1 aliphatic heterocycles. The smallest absolute Gasteiger partial charge is 0.256 e. The van der Waals surface area contributed by atoms with Gasteiger partial charge in [-0.05, 0) is 46.3 Å². The van der Waals surface area contributed by atoms with Crippen LogP contribution in [0.5, 0.6) is 0 Å². The highest BCUT2D eigenvalue weighted by atomic mass is 79.9. The van der Waals surface area contributed by atoms with Gasteiger partial charge in [0.1, 0.15) is 11.9 Å². The van der Waals surface area contributed by atoms with Gasteiger partial charge in [-0.25, -0.2) is 0 Å². The molecule has 0 spiro atoms. The molecule has 0 aliphatic carbocycles. The van der Waals surface area contributed by atoms with Gasteiger partial charge in [-0.3, -0.25) is 4.79 Å². The average Bonchev–Trinajstić information content (AvgIpc) is 3.20. The summed E-state index contributed by atoms with van der Waals surface area (Å²) < 4.78 is 6.39. The van der Waals surface area contributed by atoms with Gasteiger partial charge in [-0.2, -0.15) is 0 Å². The minimum atomic E-state index is -0.238. The van der Waals surface area contributed by atoms with E-state index in [2.05, 4.69) is 21.2 Å². The summed E-state index contributed by atoms with van der Waals surface area (Å²) in [4.78, 5) is 14.6. The van der Waals surface area contributed by atoms with Crippen molar-refractivity contribution in [3.63, 3.8) is 0 Å². The number of hydrogen-bond donors (Lipinski definition) is 1. The van der Waals surface area contributed by atoms with Crippen molar-refractivity contribution < 1.29 is 9.21 Å². The molecule has 5 heteroatoms. The fraction of sp³-hybridized carbons (Fsp3) is 0.105. The van der Waals surface area contributed by atoms with Gasteiger partial charge in [-0.15, -0.1) is 0 Å². The van der Waals surface area contributed by atoms with E-state index in [1.54, 1.807) is 11.2 Å². The summed E-state index contributed by atoms with van der Waals surface area (Å²) in [6.45, 7) is 0.419. The van der Waals surface area contributed by atoms with Crippen LogP contribution < -0.4 is 5.32 Å². The third-order valence-corrected chi connectivity index (χ3v) is 4.82. The number of anilines is 1. The molecule has 0 saturated carbocycles. The predicted octanol–water partition coefficient (Wildman–Crippen LogP) is 4.81. The summed E-state index contributed by atoms with van der Waals surface area (Å²) in [6, 6.07) is 19.3. The van der Waals surface area contributed by atoms with Crippen LogP contribution in [0.15, 0.2) is 75.8 Å². The number of fused-ring (bicyclic) bond motifs is 1. The predicted molar refractivity (Wildman–Crippen MR) is 95.5 cm³/mol. The second kappa shape index (κ2) is 6.17. The first-order valence-corrected chi connectivity index (χ1v) is 8.46. The largest absolute Gasteiger partial charge is 0.467 e. The van der Waals surface area contributed by atoms with Gasteiger partial charge in [0.05, 0.1) is 18.5 Å². The van der Waals surface area contributed by atoms with Gasteiger partial charge in [0.15, 0.2) is 0 Å². The summed E-state index contributed by atoms with van der Waals surface area (Å²) >= 11 is 3.55. The normalized spacial score (nSPS) is 16.3. The first-order valence-electron chi connectivity index (χ1n) is 7.67. The summed E-state index contributed by atoms with van der Waals surface area (Å²) in [7, 11) is 0. The van der Waals surface area contributed by atoms with Crippen LogP contribution in [0.2, 0.25) is 0 Å². The number of nitrogens with zero attached hydrogens (tertiary/aromatic N) is 1. The van der Waals surface area contributed by atoms with Crippen LogP contribution in [-0.2, 0) is 6.54 Å². The Hall–Kier alpha value is -2.53. The van der Waals surface area contributed by atoms with E-state index in [-0.39, 0.29) is 12.1 Å². The van der Waals surface area contributed by atoms with Crippen molar-refractivity contribution in [2.24, 2.45) is 0 Å². The lowest BCUT2D eigenvalue weighted by Gasteiger charge is -2.26. The molecule has 4 rings (SSSR count). The number of carbonyl (C=O) groups is 1. The van der Waals surface area contributed by atoms with Gasteiger partial charge < -0.3 is 14.6 Å². The third kappa shape index (κ3) is 2.61. The van der Waals surface area contributed by atoms with Crippen molar-refractivity contribution in [3.05, 3.63) is 88.3 Å². The highest BCUT2D eigenvalue weighted by molar-refractivity contribution is 9.10. The summed E-state index contributed by atoms with van der Waals surface area (Å²) in [5.74, 6) is 0.765. The number of nitrogens with one attached hydrogen (secondary N) is 1. The van der Waals surface area contributed by atoms with Crippen molar-refractivity contribution >= 4 is 27.5 Å². The minimum absolute atomic E-state index is 0.00607. The molecule has 0 bridgehead atoms. The first-order chi connectivity index (χ1) is 11.7. The Morgan fingerprint density at radius 1 is 1.04 bits per heavy atom. The Balaban J connectivity index is 1.72. The van der Waals surface area contributed by atoms with Gasteiger partial charge >= 0.3 is 0 Å². The first kappa shape index (κ1) is 15.0. The zero-order valence-corrected chi connectivity index (χ0v) is 14.4. The molecule has 1 aromatic heterocycles. The maximum Gasteiger partial charge on any atom is 0.256 e. The Morgan fingerprint density at radius 3 is 2.62 bits per heavy atom. The van der Waals surface area contributed by atoms with E-state index in [0.717, 1.165) is 27.0 Å². The molecule has 4 nitrogen and oxygen atoms in total. The van der Waals surface area contributed by atoms with E-state index < -0.39 is 0 Å². The quantitative estimate of drug-likeness (QED) is 0.704. The molecule has 120 valence electrons. The Kier molecular flexibility index (Phi) is 3.86. The molecule has 24 heavy (non-hydrogen) atoms. The Bertz CT molecular complexity index is 877. The molecule has 1 N–H and O–H groups in total. The highest BCUT2D eigenvalue weighted by Crippen LogP contribution is 2.37. The van der Waals surface area contributed by atoms with E-state index in [0.29, 0.717) is 6.54 Å². The Morgan fingerprint density at radius 2 is 1.83 bits per heavy atom. The molecular weight excluding hydrogens is 368 g/mol. The van der Waals surface area contributed by atoms with Crippen LogP contribution in [0.3, 0.4) is 0 Å². The number of carbonyl (C=O) groups excluding carboxylic acids is 1. The van der Waals surface area contributed by atoms with E-state index in [4.69, 9.17) is 4.42 Å². The molecule has 2 aromatic carbocycles. The van der Waals surface area contributed by atoms with Crippen molar-refractivity contribution in [2.45, 2.75) is 12.7 Å². The second-order valence-electron chi connectivity index (χ2n) is 5.63. The van der Waals surface area contributed by atoms with Crippen molar-refractivity contribution in [1.29, 1.82) is 0 Å². The number of hydrogen-bond acceptors (Lipinski definition) is 3. The third-order valence-electron chi connectivity index (χ3n) is 4.13. The number of halogens is 1. The molecule has 0 radical (unpaired) electrons. The maximum absolute atomic E-state index is 12.8. The van der Waals surface area contributed by atoms with E-state index in [1.165, 1.54) is 0 Å². The monoisotopic (exact) mass is 382 g/mol. The zero-order valence-electron chi connectivity index (χ0n) is 12.8. The molecule has 1 atom stereocenters. The number of benzene rings is 2. The topological polar surface area (TPSA) is 45.5 Å². The fourth-order valence-corrected chi connectivity index (χ4v) is 3.38. The molecule has 3 aromatic rings. The average molecular weight is 383 g/mol. The van der Waals surface area contributed by atoms with Crippen LogP contribution in [-0.4, -0.2) is 10.8 Å². The van der Waals surface area contributed by atoms with E-state index in [1.807, 2.05) is 60.7 Å². The summed E-state index contributed by atoms with van der Waals surface area (Å²) in [5.41, 5.74) is 2.65. The molecule has 2 heterocycles. The van der Waals surface area contributed by atoms with Crippen LogP contribution in [0.1, 0.15) is 27.8 Å². The van der Waals surface area contributed by atoms with E-state index in [9.17, 15) is 4.79 Å². The SMILES string of the molecule is O=C1c2ccccc2C(Nc2ccccc2Br)N1Cc1ccco1. The molecule has 0 saturated heterocycles. The molecule has 1 unspecified atom stereocenters. The van der Waals surface area contributed by atoms with Gasteiger partial charge in [-0.1, -0.05) is 30.3 Å². The maximum atomic E-state index is 12.8. The molecule has 0 fully saturated rings. The van der Waals surface area contributed by atoms with Gasteiger partial charge in [0.25, 0.3) is 5.91 Å². The number of amides is 1. The molecule has 1 amide bonds. The number of para-hydroxylation sites is 1. The highest BCUT2D eigenvalue weighted by Gasteiger charge is 2.37. The van der Waals surface area contributed by atoms with Gasteiger partial charge in [0, 0.05) is 15.6 Å². The lowest BCUT2D eigenvalue weighted by molar-refractivity contribution is 0.0715. The summed E-state index contributed by atoms with van der Waals surface area (Å²) in [6.07, 6.45) is 1.39. The fourth-order valence-electron chi connectivity index (χ4n) is 2.98. The van der Waals surface area contributed by atoms with Gasteiger partial charge in [0.2, 0.25) is 0 Å². The lowest BCUT2D eigenvalue weighted by Crippen LogP contribution is -2.31. The lowest BCUT2D eigenvalue weighted by atomic mass is 10.1. The van der Waals surface area contributed by atoms with Crippen LogP contribution in [0, 0.1) is 0 Å². The van der Waals surface area contributed by atoms with Crippen LogP contribution in [0.25, 0.3) is 0 Å². The number of rotatable bonds is 4. The number of furan rings is 1. The van der Waals surface area contributed by atoms with Crippen molar-refractivity contribution in [1.82, 2.24) is 4.90 Å². The van der Waals surface area contributed by atoms with E-state index >= 15 is 0 Å². The zero-order chi connectivity index (χ0) is 16.5.